The summed E-state index contributed by atoms with van der Waals surface area (Å²) in [6.07, 6.45) is 0.368. The summed E-state index contributed by atoms with van der Waals surface area (Å²) in [6.45, 7) is 0. The average Bonchev–Trinajstić information content (AvgIpc) is 2.37. The van der Waals surface area contributed by atoms with Crippen LogP contribution in [0.4, 0.5) is 22.0 Å². The number of hydrogen-bond acceptors (Lipinski definition) is 0. The Labute approximate surface area is 111 Å². The van der Waals surface area contributed by atoms with Crippen LogP contribution in [-0.2, 0) is 6.18 Å². The Morgan fingerprint density at radius 1 is 0.950 bits per heavy atom. The Balaban J connectivity index is 2.63. The molecule has 0 saturated carbocycles. The van der Waals surface area contributed by atoms with Crippen LogP contribution < -0.4 is 0 Å². The summed E-state index contributed by atoms with van der Waals surface area (Å²) in [5.74, 6) is 0.189. The van der Waals surface area contributed by atoms with Crippen LogP contribution in [-0.4, -0.2) is 0 Å². The highest BCUT2D eigenvalue weighted by molar-refractivity contribution is 5.67. The summed E-state index contributed by atoms with van der Waals surface area (Å²) in [6, 6.07) is 5.77. The predicted octanol–water partition coefficient (Wildman–Crippen LogP) is 4.63. The second kappa shape index (κ2) is 4.97. The number of terminal acetylenes is 1. The fraction of sp³-hybridized carbons (Fsp3) is 0.0667. The van der Waals surface area contributed by atoms with E-state index in [9.17, 15) is 22.0 Å². The lowest BCUT2D eigenvalue weighted by Crippen LogP contribution is -2.08. The van der Waals surface area contributed by atoms with Gasteiger partial charge < -0.3 is 0 Å². The molecule has 0 fully saturated rings. The molecule has 0 amide bonds. The molecule has 102 valence electrons. The number of benzene rings is 2. The van der Waals surface area contributed by atoms with Gasteiger partial charge in [0.1, 0.15) is 11.6 Å². The first-order valence-electron chi connectivity index (χ1n) is 5.46. The number of halogens is 5. The van der Waals surface area contributed by atoms with Crippen LogP contribution in [0.1, 0.15) is 11.1 Å². The summed E-state index contributed by atoms with van der Waals surface area (Å²) in [7, 11) is 0. The molecule has 0 nitrogen and oxygen atoms in total. The van der Waals surface area contributed by atoms with Gasteiger partial charge in [-0.25, -0.2) is 8.78 Å². The lowest BCUT2D eigenvalue weighted by molar-refractivity contribution is -0.137. The van der Waals surface area contributed by atoms with Crippen LogP contribution in [0.25, 0.3) is 11.1 Å². The van der Waals surface area contributed by atoms with Gasteiger partial charge in [0.2, 0.25) is 0 Å². The monoisotopic (exact) mass is 282 g/mol. The molecule has 0 aliphatic carbocycles. The molecular weight excluding hydrogens is 275 g/mol. The third-order valence-corrected chi connectivity index (χ3v) is 2.72. The largest absolute Gasteiger partial charge is 0.417 e. The molecule has 0 bridgehead atoms. The van der Waals surface area contributed by atoms with E-state index in [0.29, 0.717) is 6.07 Å². The summed E-state index contributed by atoms with van der Waals surface area (Å²) < 4.78 is 64.9. The Morgan fingerprint density at radius 2 is 1.65 bits per heavy atom. The summed E-state index contributed by atoms with van der Waals surface area (Å²) in [4.78, 5) is 0. The van der Waals surface area contributed by atoms with Crippen molar-refractivity contribution in [3.05, 3.63) is 59.2 Å². The highest BCUT2D eigenvalue weighted by Crippen LogP contribution is 2.35. The molecule has 2 aromatic carbocycles. The quantitative estimate of drug-likeness (QED) is 0.528. The minimum atomic E-state index is -4.64. The van der Waals surface area contributed by atoms with Crippen LogP contribution in [0.3, 0.4) is 0 Å². The topological polar surface area (TPSA) is 0 Å². The zero-order valence-corrected chi connectivity index (χ0v) is 9.93. The molecule has 0 aromatic heterocycles. The second-order valence-electron chi connectivity index (χ2n) is 4.03. The minimum Gasteiger partial charge on any atom is -0.207 e. The lowest BCUT2D eigenvalue weighted by atomic mass is 9.98. The number of rotatable bonds is 1. The van der Waals surface area contributed by atoms with E-state index >= 15 is 0 Å². The maximum atomic E-state index is 13.6. The summed E-state index contributed by atoms with van der Waals surface area (Å²) in [5.41, 5.74) is -1.50. The zero-order chi connectivity index (χ0) is 14.9. The maximum absolute atomic E-state index is 13.6. The van der Waals surface area contributed by atoms with Gasteiger partial charge in [0.25, 0.3) is 0 Å². The number of alkyl halides is 3. The van der Waals surface area contributed by atoms with E-state index in [-0.39, 0.29) is 16.7 Å². The smallest absolute Gasteiger partial charge is 0.207 e. The number of hydrogen-bond donors (Lipinski definition) is 0. The van der Waals surface area contributed by atoms with Crippen molar-refractivity contribution in [1.29, 1.82) is 0 Å². The van der Waals surface area contributed by atoms with Crippen molar-refractivity contribution in [2.75, 3.05) is 0 Å². The average molecular weight is 282 g/mol. The van der Waals surface area contributed by atoms with Crippen LogP contribution in [0.5, 0.6) is 0 Å². The first kappa shape index (κ1) is 14.1. The molecule has 0 aliphatic rings. The molecule has 2 aromatic rings. The van der Waals surface area contributed by atoms with Gasteiger partial charge >= 0.3 is 6.18 Å². The third kappa shape index (κ3) is 2.64. The molecule has 0 atom stereocenters. The van der Waals surface area contributed by atoms with Crippen molar-refractivity contribution >= 4 is 0 Å². The van der Waals surface area contributed by atoms with E-state index in [2.05, 4.69) is 0 Å². The SMILES string of the molecule is C#Cc1ccc(-c2ccc(F)cc2F)cc1C(F)(F)F. The van der Waals surface area contributed by atoms with Crippen molar-refractivity contribution < 1.29 is 22.0 Å². The van der Waals surface area contributed by atoms with Gasteiger partial charge in [-0.3, -0.25) is 0 Å². The van der Waals surface area contributed by atoms with Crippen molar-refractivity contribution in [1.82, 2.24) is 0 Å². The normalized spacial score (nSPS) is 11.2. The molecule has 0 heterocycles. The van der Waals surface area contributed by atoms with Gasteiger partial charge in [-0.15, -0.1) is 6.42 Å². The Kier molecular flexibility index (Phi) is 3.49. The lowest BCUT2D eigenvalue weighted by Gasteiger charge is -2.12. The van der Waals surface area contributed by atoms with Crippen molar-refractivity contribution in [2.45, 2.75) is 6.18 Å². The van der Waals surface area contributed by atoms with Crippen LogP contribution >= 0.6 is 0 Å². The van der Waals surface area contributed by atoms with Crippen molar-refractivity contribution in [3.8, 4) is 23.5 Å². The van der Waals surface area contributed by atoms with Crippen LogP contribution in [0.2, 0.25) is 0 Å². The first-order valence-corrected chi connectivity index (χ1v) is 5.46. The molecule has 0 unspecified atom stereocenters. The molecule has 20 heavy (non-hydrogen) atoms. The zero-order valence-electron chi connectivity index (χ0n) is 9.93. The summed E-state index contributed by atoms with van der Waals surface area (Å²) >= 11 is 0. The molecule has 0 radical (unpaired) electrons. The highest BCUT2D eigenvalue weighted by atomic mass is 19.4. The predicted molar refractivity (Wildman–Crippen MR) is 64.7 cm³/mol. The van der Waals surface area contributed by atoms with E-state index in [0.717, 1.165) is 24.3 Å². The molecule has 0 spiro atoms. The van der Waals surface area contributed by atoms with Gasteiger partial charge in [-0.1, -0.05) is 12.0 Å². The fourth-order valence-electron chi connectivity index (χ4n) is 1.80. The van der Waals surface area contributed by atoms with Crippen LogP contribution in [0.15, 0.2) is 36.4 Å². The maximum Gasteiger partial charge on any atom is 0.417 e. The van der Waals surface area contributed by atoms with Gasteiger partial charge in [-0.2, -0.15) is 13.2 Å². The third-order valence-electron chi connectivity index (χ3n) is 2.72. The second-order valence-corrected chi connectivity index (χ2v) is 4.03. The molecule has 5 heteroatoms. The van der Waals surface area contributed by atoms with Gasteiger partial charge in [0.05, 0.1) is 5.56 Å². The van der Waals surface area contributed by atoms with Gasteiger partial charge in [-0.05, 0) is 29.8 Å². The fourth-order valence-corrected chi connectivity index (χ4v) is 1.80. The minimum absolute atomic E-state index is 0.0196. The van der Waals surface area contributed by atoms with E-state index in [1.54, 1.807) is 0 Å². The summed E-state index contributed by atoms with van der Waals surface area (Å²) in [5, 5.41) is 0. The Hall–Kier alpha value is -2.35. The molecular formula is C15H7F5. The molecule has 0 N–H and O–H groups in total. The van der Waals surface area contributed by atoms with E-state index in [1.807, 2.05) is 5.92 Å². The molecule has 2 rings (SSSR count). The van der Waals surface area contributed by atoms with E-state index in [1.165, 1.54) is 6.07 Å². The van der Waals surface area contributed by atoms with Gasteiger partial charge in [0, 0.05) is 17.2 Å². The van der Waals surface area contributed by atoms with Crippen molar-refractivity contribution in [3.63, 3.8) is 0 Å². The van der Waals surface area contributed by atoms with Gasteiger partial charge in [0.15, 0.2) is 0 Å². The van der Waals surface area contributed by atoms with E-state index in [4.69, 9.17) is 6.42 Å². The highest BCUT2D eigenvalue weighted by Gasteiger charge is 2.33. The molecule has 0 saturated heterocycles. The Morgan fingerprint density at radius 3 is 2.20 bits per heavy atom. The van der Waals surface area contributed by atoms with Crippen molar-refractivity contribution in [2.24, 2.45) is 0 Å². The Bertz CT molecular complexity index is 692. The molecule has 0 aliphatic heterocycles. The van der Waals surface area contributed by atoms with Crippen LogP contribution in [0, 0.1) is 24.0 Å². The standard InChI is InChI=1S/C15H7F5/c1-2-9-3-4-10(7-13(9)15(18,19)20)12-6-5-11(16)8-14(12)17/h1,3-8H. The first-order chi connectivity index (χ1) is 9.32. The van der Waals surface area contributed by atoms with E-state index < -0.39 is 23.4 Å².